The van der Waals surface area contributed by atoms with Crippen LogP contribution in [0.5, 0.6) is 11.5 Å². The average Bonchev–Trinajstić information content (AvgIpc) is 2.38. The van der Waals surface area contributed by atoms with E-state index in [-0.39, 0.29) is 29.0 Å². The van der Waals surface area contributed by atoms with Gasteiger partial charge in [-0.25, -0.2) is 0 Å². The van der Waals surface area contributed by atoms with Crippen molar-refractivity contribution in [1.82, 2.24) is 5.32 Å². The Morgan fingerprint density at radius 2 is 1.95 bits per heavy atom. The molecular weight excluding hydrogens is 268 g/mol. The van der Waals surface area contributed by atoms with Gasteiger partial charge in [-0.2, -0.15) is 8.78 Å². The highest BCUT2D eigenvalue weighted by molar-refractivity contribution is 5.95. The Hall–Kier alpha value is -1.85. The molecule has 0 aliphatic heterocycles. The fraction of sp³-hybridized carbons (Fsp3) is 0.500. The zero-order valence-electron chi connectivity index (χ0n) is 10.9. The number of hydrogen-bond donors (Lipinski definition) is 2. The number of ether oxygens (including phenoxy) is 1. The molecule has 0 heterocycles. The van der Waals surface area contributed by atoms with Crippen molar-refractivity contribution in [3.63, 3.8) is 0 Å². The molecule has 0 bridgehead atoms. The number of alkyl halides is 2. The Labute approximate surface area is 115 Å². The largest absolute Gasteiger partial charge is 0.508 e. The maximum absolute atomic E-state index is 12.2. The van der Waals surface area contributed by atoms with Gasteiger partial charge >= 0.3 is 6.61 Å². The lowest BCUT2D eigenvalue weighted by atomic mass is 9.95. The van der Waals surface area contributed by atoms with Crippen LogP contribution in [0.25, 0.3) is 0 Å². The van der Waals surface area contributed by atoms with Crippen molar-refractivity contribution in [3.05, 3.63) is 23.8 Å². The second-order valence-electron chi connectivity index (χ2n) is 4.90. The van der Waals surface area contributed by atoms with Crippen LogP contribution in [0.4, 0.5) is 8.78 Å². The fourth-order valence-electron chi connectivity index (χ4n) is 2.40. The van der Waals surface area contributed by atoms with Crippen LogP contribution in [0.2, 0.25) is 0 Å². The summed E-state index contributed by atoms with van der Waals surface area (Å²) in [5.41, 5.74) is 0.117. The molecule has 1 saturated carbocycles. The molecule has 0 saturated heterocycles. The molecule has 6 heteroatoms. The maximum Gasteiger partial charge on any atom is 0.387 e. The number of phenols is 1. The van der Waals surface area contributed by atoms with Gasteiger partial charge in [0.15, 0.2) is 0 Å². The molecule has 0 radical (unpaired) electrons. The van der Waals surface area contributed by atoms with Crippen molar-refractivity contribution in [2.24, 2.45) is 0 Å². The predicted molar refractivity (Wildman–Crippen MR) is 69.1 cm³/mol. The summed E-state index contributed by atoms with van der Waals surface area (Å²) >= 11 is 0. The predicted octanol–water partition coefficient (Wildman–Crippen LogP) is 3.06. The molecule has 1 aromatic carbocycles. The van der Waals surface area contributed by atoms with Crippen molar-refractivity contribution in [1.29, 1.82) is 0 Å². The summed E-state index contributed by atoms with van der Waals surface area (Å²) in [6.45, 7) is -2.99. The highest BCUT2D eigenvalue weighted by Crippen LogP contribution is 2.24. The first kappa shape index (κ1) is 14.6. The summed E-state index contributed by atoms with van der Waals surface area (Å²) in [6.07, 6.45) is 5.16. The number of aromatic hydroxyl groups is 1. The first-order valence-corrected chi connectivity index (χ1v) is 6.64. The number of rotatable bonds is 4. The maximum atomic E-state index is 12.2. The lowest BCUT2D eigenvalue weighted by molar-refractivity contribution is -0.0499. The molecule has 1 amide bonds. The van der Waals surface area contributed by atoms with Crippen LogP contribution in [0.1, 0.15) is 42.5 Å². The quantitative estimate of drug-likeness (QED) is 0.894. The molecule has 2 rings (SSSR count). The molecule has 20 heavy (non-hydrogen) atoms. The van der Waals surface area contributed by atoms with E-state index in [2.05, 4.69) is 10.1 Å². The van der Waals surface area contributed by atoms with Crippen molar-refractivity contribution >= 4 is 5.91 Å². The van der Waals surface area contributed by atoms with Gasteiger partial charge in [0.25, 0.3) is 5.91 Å². The van der Waals surface area contributed by atoms with E-state index in [0.717, 1.165) is 31.7 Å². The fourth-order valence-corrected chi connectivity index (χ4v) is 2.40. The Bertz CT molecular complexity index is 473. The minimum absolute atomic E-state index is 0.109. The van der Waals surface area contributed by atoms with Crippen LogP contribution in [0.3, 0.4) is 0 Å². The third-order valence-electron chi connectivity index (χ3n) is 3.32. The van der Waals surface area contributed by atoms with Gasteiger partial charge in [0.2, 0.25) is 0 Å². The zero-order valence-corrected chi connectivity index (χ0v) is 10.9. The van der Waals surface area contributed by atoms with E-state index in [9.17, 15) is 18.7 Å². The molecule has 4 nitrogen and oxygen atoms in total. The standard InChI is InChI=1S/C14H17F2NO3/c15-14(16)20-12-7-9(6-11(18)8-12)13(19)17-10-4-2-1-3-5-10/h6-8,10,14,18H,1-5H2,(H,17,19). The van der Waals surface area contributed by atoms with Gasteiger partial charge in [-0.15, -0.1) is 0 Å². The number of carbonyl (C=O) groups excluding carboxylic acids is 1. The van der Waals surface area contributed by atoms with Gasteiger partial charge in [-0.05, 0) is 25.0 Å². The van der Waals surface area contributed by atoms with Gasteiger partial charge in [0.05, 0.1) is 0 Å². The second-order valence-corrected chi connectivity index (χ2v) is 4.90. The Kier molecular flexibility index (Phi) is 4.76. The summed E-state index contributed by atoms with van der Waals surface area (Å²) in [5.74, 6) is -0.891. The van der Waals surface area contributed by atoms with E-state index in [0.29, 0.717) is 0 Å². The lowest BCUT2D eigenvalue weighted by Crippen LogP contribution is -2.36. The number of benzene rings is 1. The van der Waals surface area contributed by atoms with Crippen molar-refractivity contribution in [2.45, 2.75) is 44.8 Å². The lowest BCUT2D eigenvalue weighted by Gasteiger charge is -2.22. The van der Waals surface area contributed by atoms with Crippen LogP contribution in [-0.2, 0) is 0 Å². The second kappa shape index (κ2) is 6.54. The van der Waals surface area contributed by atoms with E-state index in [1.807, 2.05) is 0 Å². The van der Waals surface area contributed by atoms with E-state index in [1.54, 1.807) is 0 Å². The first-order valence-electron chi connectivity index (χ1n) is 6.64. The van der Waals surface area contributed by atoms with Crippen LogP contribution in [0, 0.1) is 0 Å². The van der Waals surface area contributed by atoms with Crippen molar-refractivity contribution < 1.29 is 23.4 Å². The number of amides is 1. The summed E-state index contributed by atoms with van der Waals surface area (Å²) in [6, 6.07) is 3.59. The highest BCUT2D eigenvalue weighted by Gasteiger charge is 2.18. The molecule has 0 aromatic heterocycles. The summed E-state index contributed by atoms with van der Waals surface area (Å²) in [5, 5.41) is 12.3. The van der Waals surface area contributed by atoms with E-state index in [4.69, 9.17) is 0 Å². The van der Waals surface area contributed by atoms with Gasteiger partial charge in [-0.3, -0.25) is 4.79 Å². The number of phenolic OH excluding ortho intramolecular Hbond substituents is 1. The average molecular weight is 285 g/mol. The van der Waals surface area contributed by atoms with Crippen molar-refractivity contribution in [2.75, 3.05) is 0 Å². The Morgan fingerprint density at radius 1 is 1.25 bits per heavy atom. The highest BCUT2D eigenvalue weighted by atomic mass is 19.3. The first-order chi connectivity index (χ1) is 9.54. The molecular formula is C14H17F2NO3. The third-order valence-corrected chi connectivity index (χ3v) is 3.32. The molecule has 110 valence electrons. The summed E-state index contributed by atoms with van der Waals surface area (Å²) in [4.78, 5) is 12.0. The summed E-state index contributed by atoms with van der Waals surface area (Å²) < 4.78 is 28.5. The van der Waals surface area contributed by atoms with Gasteiger partial charge in [-0.1, -0.05) is 19.3 Å². The van der Waals surface area contributed by atoms with Crippen LogP contribution < -0.4 is 10.1 Å². The zero-order chi connectivity index (χ0) is 14.5. The Balaban J connectivity index is 2.06. The van der Waals surface area contributed by atoms with Crippen LogP contribution in [0.15, 0.2) is 18.2 Å². The van der Waals surface area contributed by atoms with Gasteiger partial charge in [0.1, 0.15) is 11.5 Å². The molecule has 0 unspecified atom stereocenters. The minimum Gasteiger partial charge on any atom is -0.508 e. The molecule has 1 fully saturated rings. The number of halogens is 2. The number of hydrogen-bond acceptors (Lipinski definition) is 3. The number of nitrogens with one attached hydrogen (secondary N) is 1. The van der Waals surface area contributed by atoms with Crippen molar-refractivity contribution in [3.8, 4) is 11.5 Å². The van der Waals surface area contributed by atoms with E-state index < -0.39 is 6.61 Å². The molecule has 2 N–H and O–H groups in total. The SMILES string of the molecule is O=C(NC1CCCCC1)c1cc(O)cc(OC(F)F)c1. The van der Waals surface area contributed by atoms with E-state index >= 15 is 0 Å². The molecule has 0 atom stereocenters. The topological polar surface area (TPSA) is 58.6 Å². The smallest absolute Gasteiger partial charge is 0.387 e. The summed E-state index contributed by atoms with van der Waals surface area (Å²) in [7, 11) is 0. The van der Waals surface area contributed by atoms with Crippen LogP contribution in [-0.4, -0.2) is 23.7 Å². The minimum atomic E-state index is -2.99. The Morgan fingerprint density at radius 3 is 2.60 bits per heavy atom. The van der Waals surface area contributed by atoms with E-state index in [1.165, 1.54) is 18.6 Å². The third kappa shape index (κ3) is 4.08. The van der Waals surface area contributed by atoms with Gasteiger partial charge in [0, 0.05) is 17.7 Å². The normalized spacial score (nSPS) is 16.1. The van der Waals surface area contributed by atoms with Gasteiger partial charge < -0.3 is 15.2 Å². The molecule has 1 aliphatic carbocycles. The monoisotopic (exact) mass is 285 g/mol. The molecule has 1 aliphatic rings. The van der Waals surface area contributed by atoms with Crippen LogP contribution >= 0.6 is 0 Å². The molecule has 0 spiro atoms. The number of carbonyl (C=O) groups is 1. The molecule has 1 aromatic rings.